The molecule has 0 aromatic carbocycles. The van der Waals surface area contributed by atoms with Gasteiger partial charge >= 0.3 is 0 Å². The Hall–Kier alpha value is -2.03. The molecule has 4 rings (SSSR count). The van der Waals surface area contributed by atoms with E-state index in [0.29, 0.717) is 6.61 Å². The summed E-state index contributed by atoms with van der Waals surface area (Å²) in [7, 11) is 0. The summed E-state index contributed by atoms with van der Waals surface area (Å²) in [5.41, 5.74) is 3.88. The molecule has 0 unspecified atom stereocenters. The largest absolute Gasteiger partial charge is 0.391 e. The van der Waals surface area contributed by atoms with Gasteiger partial charge in [-0.3, -0.25) is 4.98 Å². The zero-order valence-electron chi connectivity index (χ0n) is 14.1. The minimum Gasteiger partial charge on any atom is -0.391 e. The van der Waals surface area contributed by atoms with Crippen LogP contribution in [0.3, 0.4) is 0 Å². The minimum absolute atomic E-state index is 0.408. The molecule has 0 aliphatic carbocycles. The first-order valence-corrected chi connectivity index (χ1v) is 10.7. The van der Waals surface area contributed by atoms with E-state index in [4.69, 9.17) is 14.8 Å². The molecule has 132 valence electrons. The Morgan fingerprint density at radius 1 is 1.31 bits per heavy atom. The van der Waals surface area contributed by atoms with Crippen molar-refractivity contribution in [3.63, 3.8) is 0 Å². The van der Waals surface area contributed by atoms with Crippen LogP contribution in [0.1, 0.15) is 17.8 Å². The molecule has 4 heterocycles. The van der Waals surface area contributed by atoms with Gasteiger partial charge in [-0.05, 0) is 19.1 Å². The van der Waals surface area contributed by atoms with E-state index in [2.05, 4.69) is 16.7 Å². The fourth-order valence-corrected chi connectivity index (χ4v) is 6.01. The molecule has 0 bridgehead atoms. The molecular weight excluding hydrogens is 384 g/mol. The van der Waals surface area contributed by atoms with E-state index in [1.54, 1.807) is 34.9 Å². The number of aryl methyl sites for hydroxylation is 1. The van der Waals surface area contributed by atoms with Gasteiger partial charge in [0.2, 0.25) is 0 Å². The van der Waals surface area contributed by atoms with Gasteiger partial charge in [-0.15, -0.1) is 34.4 Å². The van der Waals surface area contributed by atoms with E-state index in [1.165, 1.54) is 4.21 Å². The van der Waals surface area contributed by atoms with E-state index in [9.17, 15) is 0 Å². The van der Waals surface area contributed by atoms with E-state index >= 15 is 0 Å². The lowest BCUT2D eigenvalue weighted by atomic mass is 10.2. The number of nitrogens with zero attached hydrogens (tertiary/aromatic N) is 4. The first-order valence-electron chi connectivity index (χ1n) is 8.08. The van der Waals surface area contributed by atoms with Gasteiger partial charge in [-0.2, -0.15) is 0 Å². The molecule has 5 nitrogen and oxygen atoms in total. The van der Waals surface area contributed by atoms with Crippen molar-refractivity contribution in [1.82, 2.24) is 15.0 Å². The lowest BCUT2D eigenvalue weighted by Crippen LogP contribution is -2.09. The number of fused-ring (bicyclic) bond motifs is 1. The lowest BCUT2D eigenvalue weighted by Gasteiger charge is -2.10. The van der Waals surface area contributed by atoms with E-state index in [0.717, 1.165) is 49.7 Å². The van der Waals surface area contributed by atoms with E-state index < -0.39 is 0 Å². The normalized spacial score (nSPS) is 15.0. The number of oxime groups is 1. The molecule has 0 atom stereocenters. The molecule has 3 aromatic heterocycles. The molecular formula is C18H16N4OS3. The summed E-state index contributed by atoms with van der Waals surface area (Å²) in [6.07, 6.45) is 6.16. The highest BCUT2D eigenvalue weighted by Crippen LogP contribution is 2.42. The van der Waals surface area contributed by atoms with Crippen molar-refractivity contribution in [1.29, 1.82) is 0 Å². The van der Waals surface area contributed by atoms with Crippen molar-refractivity contribution in [2.75, 3.05) is 12.4 Å². The van der Waals surface area contributed by atoms with Crippen molar-refractivity contribution >= 4 is 40.1 Å². The maximum atomic E-state index is 5.29. The Morgan fingerprint density at radius 2 is 2.23 bits per heavy atom. The topological polar surface area (TPSA) is 60.3 Å². The number of thioether (sulfide) groups is 1. The van der Waals surface area contributed by atoms with Crippen molar-refractivity contribution in [2.24, 2.45) is 5.16 Å². The highest BCUT2D eigenvalue weighted by atomic mass is 32.2. The average molecular weight is 401 g/mol. The molecule has 0 spiro atoms. The number of aromatic nitrogens is 3. The second-order valence-electron chi connectivity index (χ2n) is 5.55. The van der Waals surface area contributed by atoms with Gasteiger partial charge in [0, 0.05) is 30.1 Å². The van der Waals surface area contributed by atoms with Crippen LogP contribution >= 0.6 is 34.4 Å². The van der Waals surface area contributed by atoms with Gasteiger partial charge in [0.05, 0.1) is 14.8 Å². The number of hydrogen-bond donors (Lipinski definition) is 0. The SMILES string of the molecule is C=CCON=C1CCSc2sc(-c3sc(-c4cccnc4)nc3C)nc21. The first kappa shape index (κ1) is 17.4. The van der Waals surface area contributed by atoms with Crippen LogP contribution < -0.4 is 0 Å². The molecule has 0 saturated heterocycles. The maximum absolute atomic E-state index is 5.29. The monoisotopic (exact) mass is 400 g/mol. The van der Waals surface area contributed by atoms with Crippen LogP contribution in [-0.4, -0.2) is 33.0 Å². The highest BCUT2D eigenvalue weighted by Gasteiger charge is 2.24. The fraction of sp³-hybridized carbons (Fsp3) is 0.222. The van der Waals surface area contributed by atoms with Gasteiger partial charge in [-0.25, -0.2) is 9.97 Å². The Kier molecular flexibility index (Phi) is 5.14. The van der Waals surface area contributed by atoms with Crippen LogP contribution in [0.2, 0.25) is 0 Å². The molecule has 1 aliphatic rings. The number of pyridine rings is 1. The van der Waals surface area contributed by atoms with Gasteiger partial charge < -0.3 is 4.84 Å². The summed E-state index contributed by atoms with van der Waals surface area (Å²) in [6.45, 7) is 6.08. The third-order valence-corrected chi connectivity index (χ3v) is 7.39. The summed E-state index contributed by atoms with van der Waals surface area (Å²) in [5, 5.41) is 6.21. The number of hydrogen-bond acceptors (Lipinski definition) is 8. The number of rotatable bonds is 5. The molecule has 0 amide bonds. The average Bonchev–Trinajstić information content (AvgIpc) is 3.26. The second-order valence-corrected chi connectivity index (χ2v) is 8.91. The third kappa shape index (κ3) is 3.44. The molecule has 8 heteroatoms. The maximum Gasteiger partial charge on any atom is 0.137 e. The molecule has 3 aromatic rings. The van der Waals surface area contributed by atoms with Gasteiger partial charge in [0.1, 0.15) is 28.0 Å². The summed E-state index contributed by atoms with van der Waals surface area (Å²) >= 11 is 5.19. The lowest BCUT2D eigenvalue weighted by molar-refractivity contribution is 0.174. The third-order valence-electron chi connectivity index (χ3n) is 3.71. The van der Waals surface area contributed by atoms with Gasteiger partial charge in [-0.1, -0.05) is 17.8 Å². The van der Waals surface area contributed by atoms with Crippen LogP contribution in [0.5, 0.6) is 0 Å². The quantitative estimate of drug-likeness (QED) is 0.341. The summed E-state index contributed by atoms with van der Waals surface area (Å²) in [5.74, 6) is 0.994. The molecule has 0 N–H and O–H groups in total. The van der Waals surface area contributed by atoms with Crippen molar-refractivity contribution < 1.29 is 4.84 Å². The predicted octanol–water partition coefficient (Wildman–Crippen LogP) is 5.04. The van der Waals surface area contributed by atoms with Crippen molar-refractivity contribution in [2.45, 2.75) is 17.6 Å². The molecule has 0 radical (unpaired) electrons. The van der Waals surface area contributed by atoms with Crippen LogP contribution in [0.4, 0.5) is 0 Å². The summed E-state index contributed by atoms with van der Waals surface area (Å²) in [6, 6.07) is 3.95. The molecule has 26 heavy (non-hydrogen) atoms. The fourth-order valence-electron chi connectivity index (χ4n) is 2.51. The molecule has 0 saturated carbocycles. The van der Waals surface area contributed by atoms with Crippen LogP contribution in [0, 0.1) is 6.92 Å². The van der Waals surface area contributed by atoms with Crippen LogP contribution in [0.25, 0.3) is 20.5 Å². The summed E-state index contributed by atoms with van der Waals surface area (Å²) in [4.78, 5) is 20.2. The smallest absolute Gasteiger partial charge is 0.137 e. The Bertz CT molecular complexity index is 962. The van der Waals surface area contributed by atoms with Crippen molar-refractivity contribution in [3.05, 3.63) is 48.6 Å². The predicted molar refractivity (Wildman–Crippen MR) is 109 cm³/mol. The number of thiazole rings is 2. The molecule has 1 aliphatic heterocycles. The Balaban J connectivity index is 1.69. The highest BCUT2D eigenvalue weighted by molar-refractivity contribution is 8.01. The standard InChI is InChI=1S/C18H16N4OS3/c1-3-8-23-22-13-6-9-24-18-14(13)21-17(26-18)15-11(2)20-16(25-15)12-5-4-7-19-10-12/h3-5,7,10H,1,6,8-9H2,2H3. The zero-order chi connectivity index (χ0) is 17.9. The van der Waals surface area contributed by atoms with E-state index in [1.807, 2.05) is 37.0 Å². The first-order chi connectivity index (χ1) is 12.8. The second kappa shape index (κ2) is 7.69. The summed E-state index contributed by atoms with van der Waals surface area (Å²) < 4.78 is 1.20. The zero-order valence-corrected chi connectivity index (χ0v) is 16.6. The van der Waals surface area contributed by atoms with Crippen LogP contribution in [-0.2, 0) is 4.84 Å². The van der Waals surface area contributed by atoms with Crippen LogP contribution in [0.15, 0.2) is 46.5 Å². The minimum atomic E-state index is 0.408. The Morgan fingerprint density at radius 3 is 3.04 bits per heavy atom. The van der Waals surface area contributed by atoms with E-state index in [-0.39, 0.29) is 0 Å². The van der Waals surface area contributed by atoms with Gasteiger partial charge in [0.25, 0.3) is 0 Å². The van der Waals surface area contributed by atoms with Crippen molar-refractivity contribution in [3.8, 4) is 20.5 Å². The molecule has 0 fully saturated rings. The Labute approximate surface area is 163 Å². The van der Waals surface area contributed by atoms with Gasteiger partial charge in [0.15, 0.2) is 0 Å².